The number of benzene rings is 1. The van der Waals surface area contributed by atoms with Crippen LogP contribution in [0, 0.1) is 0 Å². The molecule has 0 radical (unpaired) electrons. The summed E-state index contributed by atoms with van der Waals surface area (Å²) in [4.78, 5) is 4.28. The third kappa shape index (κ3) is 2.23. The van der Waals surface area contributed by atoms with Gasteiger partial charge in [-0.1, -0.05) is 29.3 Å². The summed E-state index contributed by atoms with van der Waals surface area (Å²) >= 11 is 11.8. The third-order valence-electron chi connectivity index (χ3n) is 2.83. The van der Waals surface area contributed by atoms with Gasteiger partial charge in [0.05, 0.1) is 21.9 Å². The molecule has 0 aliphatic rings. The average Bonchev–Trinajstić information content (AvgIpc) is 2.88. The third-order valence-corrected chi connectivity index (χ3v) is 3.56. The first-order valence-electron chi connectivity index (χ1n) is 5.64. The van der Waals surface area contributed by atoms with Crippen LogP contribution in [0.4, 0.5) is 8.78 Å². The molecular weight excluding hydrogens is 307 g/mol. The van der Waals surface area contributed by atoms with Crippen LogP contribution in [0.1, 0.15) is 12.1 Å². The minimum absolute atomic E-state index is 0.221. The lowest BCUT2D eigenvalue weighted by molar-refractivity contribution is 0.143. The molecule has 2 heterocycles. The fourth-order valence-corrected chi connectivity index (χ4v) is 2.19. The zero-order valence-corrected chi connectivity index (χ0v) is 11.4. The smallest absolute Gasteiger partial charge is 0.229 e. The van der Waals surface area contributed by atoms with Gasteiger partial charge in [-0.05, 0) is 18.2 Å². The summed E-state index contributed by atoms with van der Waals surface area (Å²) in [6, 6.07) is 7.73. The van der Waals surface area contributed by atoms with E-state index in [1.807, 2.05) is 0 Å². The Hall–Kier alpha value is -1.72. The number of rotatable bonds is 2. The van der Waals surface area contributed by atoms with Crippen molar-refractivity contribution in [1.29, 1.82) is 0 Å². The molecule has 102 valence electrons. The molecule has 0 saturated carbocycles. The standard InChI is InChI=1S/C13H7Cl2F2N3/c14-8-2-1-7(5-9(8)15)10-6-11(13(16)17)20-12(19-10)3-4-18-20/h1-6,13H. The van der Waals surface area contributed by atoms with Gasteiger partial charge in [-0.3, -0.25) is 0 Å². The first-order chi connectivity index (χ1) is 9.56. The van der Waals surface area contributed by atoms with Crippen molar-refractivity contribution in [3.05, 3.63) is 52.3 Å². The number of fused-ring (bicyclic) bond motifs is 1. The van der Waals surface area contributed by atoms with E-state index < -0.39 is 6.43 Å². The zero-order valence-electron chi connectivity index (χ0n) is 9.89. The molecule has 0 saturated heterocycles. The number of hydrogen-bond donors (Lipinski definition) is 0. The molecule has 0 N–H and O–H groups in total. The van der Waals surface area contributed by atoms with E-state index in [0.717, 1.165) is 4.52 Å². The van der Waals surface area contributed by atoms with Crippen molar-refractivity contribution >= 4 is 28.8 Å². The second kappa shape index (κ2) is 5.00. The van der Waals surface area contributed by atoms with Crippen molar-refractivity contribution in [2.75, 3.05) is 0 Å². The van der Waals surface area contributed by atoms with E-state index in [0.29, 0.717) is 26.9 Å². The molecule has 3 nitrogen and oxygen atoms in total. The minimum Gasteiger partial charge on any atom is -0.229 e. The molecule has 0 aliphatic heterocycles. The van der Waals surface area contributed by atoms with Crippen LogP contribution in [-0.2, 0) is 0 Å². The first-order valence-corrected chi connectivity index (χ1v) is 6.40. The second-order valence-corrected chi connectivity index (χ2v) is 4.91. The van der Waals surface area contributed by atoms with Crippen LogP contribution >= 0.6 is 23.2 Å². The molecule has 20 heavy (non-hydrogen) atoms. The molecule has 3 rings (SSSR count). The predicted molar refractivity (Wildman–Crippen MR) is 73.4 cm³/mol. The van der Waals surface area contributed by atoms with Gasteiger partial charge < -0.3 is 0 Å². The number of hydrogen-bond acceptors (Lipinski definition) is 2. The SMILES string of the molecule is FC(F)c1cc(-c2ccc(Cl)c(Cl)c2)nc2ccnn12. The van der Waals surface area contributed by atoms with Gasteiger partial charge in [-0.2, -0.15) is 5.10 Å². The molecule has 0 spiro atoms. The Morgan fingerprint density at radius 1 is 1.05 bits per heavy atom. The van der Waals surface area contributed by atoms with Gasteiger partial charge >= 0.3 is 0 Å². The molecule has 3 aromatic rings. The number of aromatic nitrogens is 3. The van der Waals surface area contributed by atoms with Crippen molar-refractivity contribution < 1.29 is 8.78 Å². The van der Waals surface area contributed by atoms with Crippen LogP contribution in [0.2, 0.25) is 10.0 Å². The topological polar surface area (TPSA) is 30.2 Å². The normalized spacial score (nSPS) is 11.4. The molecule has 0 bridgehead atoms. The molecule has 7 heteroatoms. The molecule has 0 amide bonds. The molecule has 0 aliphatic carbocycles. The zero-order chi connectivity index (χ0) is 14.3. The Kier molecular flexibility index (Phi) is 3.31. The van der Waals surface area contributed by atoms with Gasteiger partial charge in [0.15, 0.2) is 5.65 Å². The predicted octanol–water partition coefficient (Wildman–Crippen LogP) is 4.64. The molecule has 0 atom stereocenters. The summed E-state index contributed by atoms with van der Waals surface area (Å²) in [5.74, 6) is 0. The van der Waals surface area contributed by atoms with Crippen LogP contribution < -0.4 is 0 Å². The Bertz CT molecular complexity index is 786. The summed E-state index contributed by atoms with van der Waals surface area (Å²) in [5.41, 5.74) is 1.14. The quantitative estimate of drug-likeness (QED) is 0.690. The lowest BCUT2D eigenvalue weighted by Gasteiger charge is -2.08. The van der Waals surface area contributed by atoms with Gasteiger partial charge in [-0.15, -0.1) is 0 Å². The summed E-state index contributed by atoms with van der Waals surface area (Å²) < 4.78 is 27.3. The van der Waals surface area contributed by atoms with Crippen molar-refractivity contribution in [1.82, 2.24) is 14.6 Å². The largest absolute Gasteiger partial charge is 0.280 e. The van der Waals surface area contributed by atoms with Crippen molar-refractivity contribution in [2.45, 2.75) is 6.43 Å². The van der Waals surface area contributed by atoms with Crippen molar-refractivity contribution in [3.8, 4) is 11.3 Å². The Labute approximate surface area is 122 Å². The molecule has 0 unspecified atom stereocenters. The van der Waals surface area contributed by atoms with Gasteiger partial charge in [0.1, 0.15) is 5.69 Å². The maximum Gasteiger partial charge on any atom is 0.280 e. The van der Waals surface area contributed by atoms with Gasteiger partial charge in [-0.25, -0.2) is 18.3 Å². The van der Waals surface area contributed by atoms with E-state index >= 15 is 0 Å². The first kappa shape index (κ1) is 13.3. The summed E-state index contributed by atoms with van der Waals surface area (Å²) in [6.45, 7) is 0. The number of nitrogens with zero attached hydrogens (tertiary/aromatic N) is 3. The maximum absolute atomic E-state index is 13.1. The van der Waals surface area contributed by atoms with E-state index in [2.05, 4.69) is 10.1 Å². The van der Waals surface area contributed by atoms with Gasteiger partial charge in [0.25, 0.3) is 6.43 Å². The fourth-order valence-electron chi connectivity index (χ4n) is 1.90. The lowest BCUT2D eigenvalue weighted by Crippen LogP contribution is -2.02. The number of halogens is 4. The second-order valence-electron chi connectivity index (χ2n) is 4.10. The summed E-state index contributed by atoms with van der Waals surface area (Å²) in [7, 11) is 0. The van der Waals surface area contributed by atoms with Crippen LogP contribution in [0.15, 0.2) is 36.5 Å². The molecule has 1 aromatic carbocycles. The number of alkyl halides is 2. The fraction of sp³-hybridized carbons (Fsp3) is 0.0769. The highest BCUT2D eigenvalue weighted by Crippen LogP contribution is 2.30. The van der Waals surface area contributed by atoms with Crippen molar-refractivity contribution in [3.63, 3.8) is 0 Å². The summed E-state index contributed by atoms with van der Waals surface area (Å²) in [5, 5.41) is 4.58. The van der Waals surface area contributed by atoms with E-state index in [4.69, 9.17) is 23.2 Å². The van der Waals surface area contributed by atoms with E-state index in [9.17, 15) is 8.78 Å². The minimum atomic E-state index is -2.65. The highest BCUT2D eigenvalue weighted by molar-refractivity contribution is 6.42. The van der Waals surface area contributed by atoms with Crippen LogP contribution in [0.25, 0.3) is 16.9 Å². The molecular formula is C13H7Cl2F2N3. The molecule has 2 aromatic heterocycles. The van der Waals surface area contributed by atoms with E-state index in [-0.39, 0.29) is 5.69 Å². The van der Waals surface area contributed by atoms with Crippen LogP contribution in [-0.4, -0.2) is 14.6 Å². The Balaban J connectivity index is 2.22. The Morgan fingerprint density at radius 2 is 1.85 bits per heavy atom. The Morgan fingerprint density at radius 3 is 2.55 bits per heavy atom. The maximum atomic E-state index is 13.1. The lowest BCUT2D eigenvalue weighted by atomic mass is 10.1. The van der Waals surface area contributed by atoms with Crippen molar-refractivity contribution in [2.24, 2.45) is 0 Å². The van der Waals surface area contributed by atoms with Gasteiger partial charge in [0, 0.05) is 11.6 Å². The van der Waals surface area contributed by atoms with E-state index in [1.165, 1.54) is 12.3 Å². The van der Waals surface area contributed by atoms with Crippen LogP contribution in [0.3, 0.4) is 0 Å². The highest BCUT2D eigenvalue weighted by Gasteiger charge is 2.16. The van der Waals surface area contributed by atoms with E-state index in [1.54, 1.807) is 24.3 Å². The highest BCUT2D eigenvalue weighted by atomic mass is 35.5. The van der Waals surface area contributed by atoms with Crippen LogP contribution in [0.5, 0.6) is 0 Å². The summed E-state index contributed by atoms with van der Waals surface area (Å²) in [6.07, 6.45) is -1.23. The van der Waals surface area contributed by atoms with Gasteiger partial charge in [0.2, 0.25) is 0 Å². The average molecular weight is 314 g/mol. The molecule has 0 fully saturated rings. The monoisotopic (exact) mass is 313 g/mol.